The number of carbonyl (C=O) groups is 3. The minimum Gasteiger partial charge on any atom is -0.480 e. The number of carboxylic acid groups (broad SMARTS) is 1. The largest absolute Gasteiger partial charge is 0.480 e. The maximum Gasteiger partial charge on any atom is 0.329 e. The van der Waals surface area contributed by atoms with Crippen LogP contribution in [-0.4, -0.2) is 46.4 Å². The van der Waals surface area contributed by atoms with Gasteiger partial charge >= 0.3 is 5.97 Å². The number of nitrogens with zero attached hydrogens (tertiary/aromatic N) is 1. The van der Waals surface area contributed by atoms with Gasteiger partial charge in [0.2, 0.25) is 5.91 Å². The van der Waals surface area contributed by atoms with Crippen LogP contribution >= 0.6 is 0 Å². The fraction of sp³-hybridized carbons (Fsp3) is 0.400. The Hall–Kier alpha value is -2.37. The van der Waals surface area contributed by atoms with Crippen LogP contribution in [-0.2, 0) is 9.59 Å². The van der Waals surface area contributed by atoms with Gasteiger partial charge in [-0.1, -0.05) is 18.2 Å². The lowest BCUT2D eigenvalue weighted by molar-refractivity contribution is -0.156. The Labute approximate surface area is 123 Å². The Morgan fingerprint density at radius 2 is 1.76 bits per heavy atom. The number of carbonyl (C=O) groups excluding carboxylic acids is 2. The maximum absolute atomic E-state index is 12.1. The highest BCUT2D eigenvalue weighted by molar-refractivity contribution is 5.97. The molecular formula is C15H20N2O4. The summed E-state index contributed by atoms with van der Waals surface area (Å²) in [5, 5.41) is 11.7. The third kappa shape index (κ3) is 4.05. The molecule has 114 valence electrons. The summed E-state index contributed by atoms with van der Waals surface area (Å²) < 4.78 is 0. The van der Waals surface area contributed by atoms with Crippen molar-refractivity contribution >= 4 is 17.8 Å². The van der Waals surface area contributed by atoms with Crippen LogP contribution in [0.3, 0.4) is 0 Å². The van der Waals surface area contributed by atoms with E-state index in [1.54, 1.807) is 37.3 Å². The Balaban J connectivity index is 2.68. The quantitative estimate of drug-likeness (QED) is 0.823. The van der Waals surface area contributed by atoms with Crippen LogP contribution in [0.4, 0.5) is 0 Å². The van der Waals surface area contributed by atoms with E-state index in [1.165, 1.54) is 18.7 Å². The lowest BCUT2D eigenvalue weighted by Gasteiger charge is -2.34. The molecule has 0 heterocycles. The molecule has 0 saturated carbocycles. The average Bonchev–Trinajstić information content (AvgIpc) is 2.46. The van der Waals surface area contributed by atoms with Gasteiger partial charge in [0.15, 0.2) is 0 Å². The molecule has 6 heteroatoms. The molecule has 2 N–H and O–H groups in total. The summed E-state index contributed by atoms with van der Waals surface area (Å²) >= 11 is 0. The standard InChI is InChI=1S/C15H20N2O4/c1-4-17(15(2,3)14(20)21)12(18)10-16-13(19)11-8-6-5-7-9-11/h5-9H,4,10H2,1-3H3,(H,16,19)(H,20,21). The van der Waals surface area contributed by atoms with Crippen molar-refractivity contribution in [2.75, 3.05) is 13.1 Å². The average molecular weight is 292 g/mol. The van der Waals surface area contributed by atoms with Crippen molar-refractivity contribution in [1.29, 1.82) is 0 Å². The smallest absolute Gasteiger partial charge is 0.329 e. The van der Waals surface area contributed by atoms with E-state index >= 15 is 0 Å². The number of rotatable bonds is 6. The second-order valence-electron chi connectivity index (χ2n) is 5.05. The molecule has 6 nitrogen and oxygen atoms in total. The molecule has 1 aromatic carbocycles. The summed E-state index contributed by atoms with van der Waals surface area (Å²) in [6, 6.07) is 8.51. The van der Waals surface area contributed by atoms with Gasteiger partial charge in [0.1, 0.15) is 5.54 Å². The van der Waals surface area contributed by atoms with Crippen LogP contribution < -0.4 is 5.32 Å². The molecule has 0 radical (unpaired) electrons. The highest BCUT2D eigenvalue weighted by atomic mass is 16.4. The van der Waals surface area contributed by atoms with E-state index in [2.05, 4.69) is 5.32 Å². The topological polar surface area (TPSA) is 86.7 Å². The van der Waals surface area contributed by atoms with Crippen LogP contribution in [0, 0.1) is 0 Å². The molecule has 0 spiro atoms. The fourth-order valence-corrected chi connectivity index (χ4v) is 1.94. The third-order valence-electron chi connectivity index (χ3n) is 3.25. The first kappa shape index (κ1) is 16.7. The summed E-state index contributed by atoms with van der Waals surface area (Å²) in [4.78, 5) is 36.4. The number of likely N-dealkylation sites (N-methyl/N-ethyl adjacent to an activating group) is 1. The lowest BCUT2D eigenvalue weighted by Crippen LogP contribution is -2.55. The molecule has 21 heavy (non-hydrogen) atoms. The van der Waals surface area contributed by atoms with E-state index in [4.69, 9.17) is 5.11 Å². The molecule has 1 aromatic rings. The number of hydrogen-bond acceptors (Lipinski definition) is 3. The first-order valence-corrected chi connectivity index (χ1v) is 6.67. The lowest BCUT2D eigenvalue weighted by atomic mass is 10.0. The monoisotopic (exact) mass is 292 g/mol. The molecule has 0 aromatic heterocycles. The van der Waals surface area contributed by atoms with Gasteiger partial charge in [-0.05, 0) is 32.9 Å². The predicted octanol–water partition coefficient (Wildman–Crippen LogP) is 1.13. The van der Waals surface area contributed by atoms with Crippen LogP contribution in [0.2, 0.25) is 0 Å². The Kier molecular flexibility index (Phi) is 5.46. The minimum absolute atomic E-state index is 0.238. The van der Waals surface area contributed by atoms with Crippen LogP contribution in [0.15, 0.2) is 30.3 Å². The summed E-state index contributed by atoms with van der Waals surface area (Å²) in [5.41, 5.74) is -0.866. The van der Waals surface area contributed by atoms with Crippen molar-refractivity contribution < 1.29 is 19.5 Å². The van der Waals surface area contributed by atoms with E-state index in [1.807, 2.05) is 0 Å². The summed E-state index contributed by atoms with van der Waals surface area (Å²) in [6.07, 6.45) is 0. The normalized spacial score (nSPS) is 10.8. The van der Waals surface area contributed by atoms with Gasteiger partial charge in [0, 0.05) is 12.1 Å². The Bertz CT molecular complexity index is 526. The van der Waals surface area contributed by atoms with Gasteiger partial charge in [0.25, 0.3) is 5.91 Å². The van der Waals surface area contributed by atoms with Crippen LogP contribution in [0.5, 0.6) is 0 Å². The number of amides is 2. The molecule has 0 fully saturated rings. The fourth-order valence-electron chi connectivity index (χ4n) is 1.94. The Morgan fingerprint density at radius 3 is 2.24 bits per heavy atom. The van der Waals surface area contributed by atoms with Crippen molar-refractivity contribution in [3.05, 3.63) is 35.9 Å². The van der Waals surface area contributed by atoms with E-state index in [9.17, 15) is 14.4 Å². The highest BCUT2D eigenvalue weighted by Gasteiger charge is 2.36. The summed E-state index contributed by atoms with van der Waals surface area (Å²) in [6.45, 7) is 4.62. The van der Waals surface area contributed by atoms with Crippen molar-refractivity contribution in [3.8, 4) is 0 Å². The zero-order valence-corrected chi connectivity index (χ0v) is 12.4. The van der Waals surface area contributed by atoms with Gasteiger partial charge in [-0.3, -0.25) is 9.59 Å². The van der Waals surface area contributed by atoms with E-state index in [0.717, 1.165) is 0 Å². The first-order chi connectivity index (χ1) is 9.80. The van der Waals surface area contributed by atoms with E-state index in [-0.39, 0.29) is 19.0 Å². The molecule has 0 bridgehead atoms. The summed E-state index contributed by atoms with van der Waals surface area (Å²) in [5.74, 6) is -1.89. The molecule has 1 rings (SSSR count). The molecule has 0 aliphatic carbocycles. The number of carboxylic acids is 1. The van der Waals surface area contributed by atoms with Gasteiger partial charge in [-0.25, -0.2) is 4.79 Å². The number of hydrogen-bond donors (Lipinski definition) is 2. The second-order valence-corrected chi connectivity index (χ2v) is 5.05. The number of benzene rings is 1. The van der Waals surface area contributed by atoms with Gasteiger partial charge in [-0.15, -0.1) is 0 Å². The number of aliphatic carboxylic acids is 1. The van der Waals surface area contributed by atoms with Gasteiger partial charge < -0.3 is 15.3 Å². The molecule has 2 amide bonds. The van der Waals surface area contributed by atoms with Crippen molar-refractivity contribution in [2.45, 2.75) is 26.3 Å². The summed E-state index contributed by atoms with van der Waals surface area (Å²) in [7, 11) is 0. The first-order valence-electron chi connectivity index (χ1n) is 6.67. The van der Waals surface area contributed by atoms with E-state index < -0.39 is 17.4 Å². The van der Waals surface area contributed by atoms with Crippen molar-refractivity contribution in [1.82, 2.24) is 10.2 Å². The van der Waals surface area contributed by atoms with Crippen molar-refractivity contribution in [2.24, 2.45) is 0 Å². The second kappa shape index (κ2) is 6.88. The minimum atomic E-state index is -1.32. The molecule has 0 aliphatic rings. The maximum atomic E-state index is 12.1. The van der Waals surface area contributed by atoms with Gasteiger partial charge in [-0.2, -0.15) is 0 Å². The zero-order valence-electron chi connectivity index (χ0n) is 12.4. The third-order valence-corrected chi connectivity index (χ3v) is 3.25. The highest BCUT2D eigenvalue weighted by Crippen LogP contribution is 2.14. The van der Waals surface area contributed by atoms with Crippen molar-refractivity contribution in [3.63, 3.8) is 0 Å². The SMILES string of the molecule is CCN(C(=O)CNC(=O)c1ccccc1)C(C)(C)C(=O)O. The Morgan fingerprint density at radius 1 is 1.19 bits per heavy atom. The van der Waals surface area contributed by atoms with Gasteiger partial charge in [0.05, 0.1) is 6.54 Å². The molecular weight excluding hydrogens is 272 g/mol. The molecule has 0 atom stereocenters. The zero-order chi connectivity index (χ0) is 16.0. The molecule has 0 saturated heterocycles. The molecule has 0 unspecified atom stereocenters. The van der Waals surface area contributed by atoms with E-state index in [0.29, 0.717) is 5.56 Å². The molecule has 0 aliphatic heterocycles. The van der Waals surface area contributed by atoms with Crippen LogP contribution in [0.1, 0.15) is 31.1 Å². The number of nitrogens with one attached hydrogen (secondary N) is 1. The predicted molar refractivity (Wildman–Crippen MR) is 77.9 cm³/mol. The van der Waals surface area contributed by atoms with Crippen LogP contribution in [0.25, 0.3) is 0 Å².